The molecule has 1 rings (SSSR count). The molecule has 0 bridgehead atoms. The van der Waals surface area contributed by atoms with Crippen molar-refractivity contribution in [3.05, 3.63) is 28.5 Å². The first-order valence-electron chi connectivity index (χ1n) is 4.93. The minimum atomic E-state index is -4.14. The molecule has 106 valence electrons. The summed E-state index contributed by atoms with van der Waals surface area (Å²) < 4.78 is 36.9. The van der Waals surface area contributed by atoms with Crippen LogP contribution in [0.3, 0.4) is 0 Å². The van der Waals surface area contributed by atoms with Gasteiger partial charge in [-0.1, -0.05) is 11.6 Å². The highest BCUT2D eigenvalue weighted by atomic mass is 35.5. The van der Waals surface area contributed by atoms with Crippen molar-refractivity contribution in [3.63, 3.8) is 0 Å². The van der Waals surface area contributed by atoms with Crippen LogP contribution in [0, 0.1) is 5.82 Å². The molecule has 0 amide bonds. The molecule has 0 spiro atoms. The van der Waals surface area contributed by atoms with Gasteiger partial charge >= 0.3 is 5.97 Å². The van der Waals surface area contributed by atoms with E-state index in [0.29, 0.717) is 12.1 Å². The van der Waals surface area contributed by atoms with Gasteiger partial charge < -0.3 is 15.3 Å². The van der Waals surface area contributed by atoms with Gasteiger partial charge in [-0.3, -0.25) is 0 Å². The third-order valence-electron chi connectivity index (χ3n) is 2.21. The molecule has 19 heavy (non-hydrogen) atoms. The lowest BCUT2D eigenvalue weighted by atomic mass is 10.2. The van der Waals surface area contributed by atoms with E-state index in [1.165, 1.54) is 0 Å². The molecule has 3 N–H and O–H groups in total. The highest BCUT2D eigenvalue weighted by molar-refractivity contribution is 7.91. The molecule has 9 heteroatoms. The second-order valence-electron chi connectivity index (χ2n) is 3.69. The number of carboxylic acid groups (broad SMARTS) is 1. The summed E-state index contributed by atoms with van der Waals surface area (Å²) in [6.45, 7) is -0.791. The largest absolute Gasteiger partial charge is 0.478 e. The molecule has 0 fully saturated rings. The Morgan fingerprint density at radius 2 is 2.00 bits per heavy atom. The number of aromatic carboxylic acids is 1. The predicted octanol–water partition coefficient (Wildman–Crippen LogP) is 0.304. The van der Waals surface area contributed by atoms with E-state index in [1.54, 1.807) is 0 Å². The maximum atomic E-state index is 13.4. The lowest BCUT2D eigenvalue weighted by Crippen LogP contribution is -2.24. The normalized spacial score (nSPS) is 13.3. The number of aliphatic hydroxyl groups is 2. The Kier molecular flexibility index (Phi) is 4.86. The Bertz CT molecular complexity index is 600. The second kappa shape index (κ2) is 5.83. The van der Waals surface area contributed by atoms with E-state index in [0.717, 1.165) is 0 Å². The van der Waals surface area contributed by atoms with E-state index in [1.807, 2.05) is 0 Å². The summed E-state index contributed by atoms with van der Waals surface area (Å²) in [4.78, 5) is 10.2. The first-order valence-corrected chi connectivity index (χ1v) is 6.96. The molecule has 0 saturated carbocycles. The molecule has 1 aromatic rings. The number of carboxylic acids is 1. The molecule has 0 radical (unpaired) electrons. The number of hydrogen-bond donors (Lipinski definition) is 3. The number of benzene rings is 1. The summed E-state index contributed by atoms with van der Waals surface area (Å²) in [7, 11) is -4.14. The number of carbonyl (C=O) groups is 1. The molecule has 0 heterocycles. The van der Waals surface area contributed by atoms with Crippen molar-refractivity contribution in [2.75, 3.05) is 12.4 Å². The van der Waals surface area contributed by atoms with Gasteiger partial charge in [-0.05, 0) is 12.1 Å². The summed E-state index contributed by atoms with van der Waals surface area (Å²) in [6, 6.07) is 1.27. The zero-order valence-corrected chi connectivity index (χ0v) is 10.9. The Balaban J connectivity index is 3.32. The third-order valence-corrected chi connectivity index (χ3v) is 4.38. The Morgan fingerprint density at radius 1 is 1.42 bits per heavy atom. The van der Waals surface area contributed by atoms with Crippen LogP contribution >= 0.6 is 11.6 Å². The molecule has 1 aromatic carbocycles. The lowest BCUT2D eigenvalue weighted by Gasteiger charge is -2.10. The van der Waals surface area contributed by atoms with Crippen LogP contribution < -0.4 is 0 Å². The first-order chi connectivity index (χ1) is 8.69. The van der Waals surface area contributed by atoms with Gasteiger partial charge in [0.15, 0.2) is 9.84 Å². The highest BCUT2D eigenvalue weighted by Crippen LogP contribution is 2.25. The maximum absolute atomic E-state index is 13.4. The first kappa shape index (κ1) is 15.8. The molecule has 1 atom stereocenters. The number of sulfone groups is 1. The van der Waals surface area contributed by atoms with E-state index >= 15 is 0 Å². The van der Waals surface area contributed by atoms with Gasteiger partial charge in [0.25, 0.3) is 0 Å². The summed E-state index contributed by atoms with van der Waals surface area (Å²) in [5, 5.41) is 25.7. The summed E-state index contributed by atoms with van der Waals surface area (Å²) in [5.74, 6) is -3.63. The number of hydrogen-bond acceptors (Lipinski definition) is 5. The molecule has 0 aromatic heterocycles. The molecule has 0 aliphatic carbocycles. The van der Waals surface area contributed by atoms with Crippen LogP contribution in [0.4, 0.5) is 4.39 Å². The van der Waals surface area contributed by atoms with Gasteiger partial charge in [0, 0.05) is 0 Å². The fraction of sp³-hybridized carbons (Fsp3) is 0.300. The number of rotatable bonds is 5. The quantitative estimate of drug-likeness (QED) is 0.721. The maximum Gasteiger partial charge on any atom is 0.337 e. The number of halogens is 2. The molecule has 6 nitrogen and oxygen atoms in total. The Hall–Kier alpha value is -1.22. The van der Waals surface area contributed by atoms with Crippen molar-refractivity contribution in [1.82, 2.24) is 0 Å². The van der Waals surface area contributed by atoms with Gasteiger partial charge in [-0.15, -0.1) is 0 Å². The minimum absolute atomic E-state index is 0.564. The van der Waals surface area contributed by atoms with Gasteiger partial charge in [-0.2, -0.15) is 0 Å². The third kappa shape index (κ3) is 3.63. The van der Waals surface area contributed by atoms with Crippen LogP contribution in [0.2, 0.25) is 5.02 Å². The van der Waals surface area contributed by atoms with Crippen LogP contribution in [-0.2, 0) is 9.84 Å². The van der Waals surface area contributed by atoms with Crippen LogP contribution in [0.15, 0.2) is 17.0 Å². The molecule has 0 aliphatic rings. The average Bonchev–Trinajstić information content (AvgIpc) is 2.31. The van der Waals surface area contributed by atoms with E-state index < -0.39 is 55.6 Å². The van der Waals surface area contributed by atoms with Crippen LogP contribution in [0.1, 0.15) is 10.4 Å². The Morgan fingerprint density at radius 3 is 2.47 bits per heavy atom. The fourth-order valence-corrected chi connectivity index (χ4v) is 2.88. The molecule has 0 aliphatic heterocycles. The van der Waals surface area contributed by atoms with E-state index in [4.69, 9.17) is 26.9 Å². The van der Waals surface area contributed by atoms with E-state index in [2.05, 4.69) is 0 Å². The molecule has 0 saturated heterocycles. The predicted molar refractivity (Wildman–Crippen MR) is 63.5 cm³/mol. The zero-order valence-electron chi connectivity index (χ0n) is 9.38. The van der Waals surface area contributed by atoms with Gasteiger partial charge in [0.05, 0.1) is 33.9 Å². The van der Waals surface area contributed by atoms with E-state index in [-0.39, 0.29) is 0 Å². The van der Waals surface area contributed by atoms with Gasteiger partial charge in [-0.25, -0.2) is 17.6 Å². The lowest BCUT2D eigenvalue weighted by molar-refractivity contribution is 0.0696. The van der Waals surface area contributed by atoms with Crippen molar-refractivity contribution in [3.8, 4) is 0 Å². The average molecular weight is 313 g/mol. The minimum Gasteiger partial charge on any atom is -0.478 e. The summed E-state index contributed by atoms with van der Waals surface area (Å²) >= 11 is 5.40. The van der Waals surface area contributed by atoms with Crippen molar-refractivity contribution in [2.45, 2.75) is 11.0 Å². The smallest absolute Gasteiger partial charge is 0.337 e. The van der Waals surface area contributed by atoms with Gasteiger partial charge in [0.1, 0.15) is 5.82 Å². The topological polar surface area (TPSA) is 112 Å². The van der Waals surface area contributed by atoms with Crippen LogP contribution in [0.5, 0.6) is 0 Å². The van der Waals surface area contributed by atoms with E-state index in [9.17, 15) is 17.6 Å². The molecular weight excluding hydrogens is 303 g/mol. The Labute approximate surface area is 113 Å². The van der Waals surface area contributed by atoms with Crippen molar-refractivity contribution in [2.24, 2.45) is 0 Å². The monoisotopic (exact) mass is 312 g/mol. The zero-order chi connectivity index (χ0) is 14.8. The SMILES string of the molecule is O=C(O)c1cc(S(=O)(=O)CC(O)CO)cc(F)c1Cl. The second-order valence-corrected chi connectivity index (χ2v) is 6.10. The summed E-state index contributed by atoms with van der Waals surface area (Å²) in [6.07, 6.45) is -1.54. The molecular formula is C10H10ClFO6S. The fourth-order valence-electron chi connectivity index (χ4n) is 1.30. The highest BCUT2D eigenvalue weighted by Gasteiger charge is 2.24. The summed E-state index contributed by atoms with van der Waals surface area (Å²) in [5.41, 5.74) is -0.696. The van der Waals surface area contributed by atoms with Crippen LogP contribution in [-0.4, -0.2) is 48.2 Å². The molecule has 1 unspecified atom stereocenters. The van der Waals surface area contributed by atoms with Crippen molar-refractivity contribution in [1.29, 1.82) is 0 Å². The van der Waals surface area contributed by atoms with Gasteiger partial charge in [0.2, 0.25) is 0 Å². The number of aliphatic hydroxyl groups excluding tert-OH is 2. The van der Waals surface area contributed by atoms with Crippen molar-refractivity contribution >= 4 is 27.4 Å². The van der Waals surface area contributed by atoms with Crippen molar-refractivity contribution < 1.29 is 32.9 Å². The van der Waals surface area contributed by atoms with Crippen LogP contribution in [0.25, 0.3) is 0 Å². The standard InChI is InChI=1S/C10H10ClFO6S/c11-9-7(10(15)16)1-6(2-8(9)12)19(17,18)4-5(14)3-13/h1-2,5,13-14H,3-4H2,(H,15,16).